The molecule has 2 heterocycles. The van der Waals surface area contributed by atoms with Gasteiger partial charge in [0.1, 0.15) is 5.60 Å². The van der Waals surface area contributed by atoms with Gasteiger partial charge in [0.05, 0.1) is 18.0 Å². The largest absolute Gasteiger partial charge is 0.444 e. The minimum absolute atomic E-state index is 0.128. The maximum absolute atomic E-state index is 11.8. The fourth-order valence-electron chi connectivity index (χ4n) is 2.34. The number of thiazole rings is 1. The number of aromatic nitrogens is 3. The van der Waals surface area contributed by atoms with E-state index in [-0.39, 0.29) is 5.92 Å². The third-order valence-electron chi connectivity index (χ3n) is 3.49. The van der Waals surface area contributed by atoms with E-state index in [1.54, 1.807) is 27.0 Å². The van der Waals surface area contributed by atoms with E-state index in [2.05, 4.69) is 26.3 Å². The number of amides is 1. The summed E-state index contributed by atoms with van der Waals surface area (Å²) < 4.78 is 5.20. The Bertz CT molecular complexity index is 783. The highest BCUT2D eigenvalue weighted by atomic mass is 32.1. The number of fused-ring (bicyclic) bond motifs is 1. The number of anilines is 1. The quantitative estimate of drug-likeness (QED) is 0.904. The van der Waals surface area contributed by atoms with Gasteiger partial charge in [-0.1, -0.05) is 11.3 Å². The van der Waals surface area contributed by atoms with Gasteiger partial charge in [0.15, 0.2) is 15.6 Å². The zero-order chi connectivity index (χ0) is 16.6. The van der Waals surface area contributed by atoms with Crippen molar-refractivity contribution >= 4 is 33.0 Å². The van der Waals surface area contributed by atoms with Gasteiger partial charge in [0.25, 0.3) is 0 Å². The van der Waals surface area contributed by atoms with Gasteiger partial charge in [0, 0.05) is 11.8 Å². The van der Waals surface area contributed by atoms with Crippen LogP contribution in [0.15, 0.2) is 6.20 Å². The summed E-state index contributed by atoms with van der Waals surface area (Å²) in [5, 5.41) is 11.9. The van der Waals surface area contributed by atoms with E-state index < -0.39 is 11.7 Å². The molecule has 0 aromatic carbocycles. The molecule has 0 bridgehead atoms. The summed E-state index contributed by atoms with van der Waals surface area (Å²) in [6, 6.07) is 2.26. The number of ether oxygens (including phenoxy) is 1. The van der Waals surface area contributed by atoms with Gasteiger partial charge >= 0.3 is 6.09 Å². The van der Waals surface area contributed by atoms with Crippen molar-refractivity contribution in [2.45, 2.75) is 45.1 Å². The molecule has 8 heteroatoms. The first-order valence-corrected chi connectivity index (χ1v) is 8.19. The molecule has 3 rings (SSSR count). The van der Waals surface area contributed by atoms with E-state index in [9.17, 15) is 4.79 Å². The number of carbonyl (C=O) groups is 1. The Morgan fingerprint density at radius 3 is 2.83 bits per heavy atom. The van der Waals surface area contributed by atoms with Crippen LogP contribution in [0.3, 0.4) is 0 Å². The van der Waals surface area contributed by atoms with Crippen LogP contribution in [0, 0.1) is 17.2 Å². The van der Waals surface area contributed by atoms with Crippen LogP contribution in [0.1, 0.15) is 45.2 Å². The zero-order valence-electron chi connectivity index (χ0n) is 13.2. The molecule has 23 heavy (non-hydrogen) atoms. The smallest absolute Gasteiger partial charge is 0.413 e. The highest BCUT2D eigenvalue weighted by molar-refractivity contribution is 7.21. The van der Waals surface area contributed by atoms with Crippen LogP contribution < -0.4 is 5.32 Å². The van der Waals surface area contributed by atoms with E-state index >= 15 is 0 Å². The average Bonchev–Trinajstić information content (AvgIpc) is 2.76. The summed E-state index contributed by atoms with van der Waals surface area (Å²) in [5.41, 5.74) is 0.823. The van der Waals surface area contributed by atoms with Crippen molar-refractivity contribution in [2.75, 3.05) is 5.32 Å². The van der Waals surface area contributed by atoms with Crippen LogP contribution >= 0.6 is 11.3 Å². The van der Waals surface area contributed by atoms with Crippen LogP contribution in [0.4, 0.5) is 9.93 Å². The number of nitrogens with one attached hydrogen (secondary N) is 1. The molecule has 0 saturated heterocycles. The Hall–Kier alpha value is -2.27. The van der Waals surface area contributed by atoms with Crippen LogP contribution in [0.2, 0.25) is 0 Å². The lowest BCUT2D eigenvalue weighted by Crippen LogP contribution is -2.27. The molecule has 1 amide bonds. The van der Waals surface area contributed by atoms with Crippen molar-refractivity contribution in [2.24, 2.45) is 5.92 Å². The fourth-order valence-corrected chi connectivity index (χ4v) is 3.13. The van der Waals surface area contributed by atoms with Gasteiger partial charge in [-0.05, 0) is 33.6 Å². The predicted molar refractivity (Wildman–Crippen MR) is 86.1 cm³/mol. The highest BCUT2D eigenvalue weighted by Crippen LogP contribution is 2.40. The fraction of sp³-hybridized carbons (Fsp3) is 0.533. The first-order valence-electron chi connectivity index (χ1n) is 7.37. The molecule has 1 fully saturated rings. The topological polar surface area (TPSA) is 101 Å². The Morgan fingerprint density at radius 1 is 1.43 bits per heavy atom. The lowest BCUT2D eigenvalue weighted by Gasteiger charge is -2.29. The van der Waals surface area contributed by atoms with Gasteiger partial charge in [0.2, 0.25) is 0 Å². The minimum atomic E-state index is -0.564. The standard InChI is InChI=1S/C15H17N5O2S/c1-15(2,3)22-14(21)20-13-19-11-12(23-13)18-10(7-17-11)9-4-8(5-9)6-16/h7-9H,4-5H2,1-3H3,(H,17,19,20,21)/t8-,9+. The number of nitrogens with zero attached hydrogens (tertiary/aromatic N) is 4. The molecule has 0 unspecified atom stereocenters. The number of hydrogen-bond acceptors (Lipinski definition) is 7. The van der Waals surface area contributed by atoms with Gasteiger partial charge in [-0.25, -0.2) is 14.8 Å². The third-order valence-corrected chi connectivity index (χ3v) is 4.34. The van der Waals surface area contributed by atoms with Crippen molar-refractivity contribution < 1.29 is 9.53 Å². The number of carbonyl (C=O) groups excluding carboxylic acids is 1. The minimum Gasteiger partial charge on any atom is -0.444 e. The summed E-state index contributed by atoms with van der Waals surface area (Å²) >= 11 is 1.26. The summed E-state index contributed by atoms with van der Waals surface area (Å²) in [4.78, 5) is 25.5. The molecule has 0 spiro atoms. The molecule has 1 saturated carbocycles. The summed E-state index contributed by atoms with van der Waals surface area (Å²) in [6.07, 6.45) is 2.82. The molecule has 2 aromatic rings. The maximum atomic E-state index is 11.8. The molecule has 0 atom stereocenters. The van der Waals surface area contributed by atoms with Gasteiger partial charge < -0.3 is 4.74 Å². The Morgan fingerprint density at radius 2 is 2.17 bits per heavy atom. The molecule has 120 valence electrons. The number of hydrogen-bond donors (Lipinski definition) is 1. The van der Waals surface area contributed by atoms with E-state index in [0.717, 1.165) is 18.5 Å². The third kappa shape index (κ3) is 3.56. The van der Waals surface area contributed by atoms with Crippen LogP contribution in [0.25, 0.3) is 10.5 Å². The van der Waals surface area contributed by atoms with E-state index in [1.165, 1.54) is 11.3 Å². The first-order chi connectivity index (χ1) is 10.8. The molecule has 2 aromatic heterocycles. The average molecular weight is 331 g/mol. The molecular weight excluding hydrogens is 314 g/mol. The molecule has 0 aliphatic heterocycles. The lowest BCUT2D eigenvalue weighted by atomic mass is 9.74. The summed E-state index contributed by atoms with van der Waals surface area (Å²) in [6.45, 7) is 5.40. The predicted octanol–water partition coefficient (Wildman–Crippen LogP) is 3.45. The first kappa shape index (κ1) is 15.6. The number of nitriles is 1. The normalized spacial score (nSPS) is 20.6. The van der Waals surface area contributed by atoms with Crippen molar-refractivity contribution in [3.63, 3.8) is 0 Å². The molecule has 1 N–H and O–H groups in total. The maximum Gasteiger partial charge on any atom is 0.413 e. The van der Waals surface area contributed by atoms with Crippen molar-refractivity contribution in [3.8, 4) is 6.07 Å². The van der Waals surface area contributed by atoms with Crippen LogP contribution in [0.5, 0.6) is 0 Å². The van der Waals surface area contributed by atoms with Gasteiger partial charge in [-0.15, -0.1) is 0 Å². The van der Waals surface area contributed by atoms with Crippen LogP contribution in [-0.2, 0) is 4.74 Å². The molecule has 7 nitrogen and oxygen atoms in total. The number of rotatable bonds is 2. The summed E-state index contributed by atoms with van der Waals surface area (Å²) in [5.74, 6) is 0.421. The molecule has 1 aliphatic carbocycles. The van der Waals surface area contributed by atoms with E-state index in [4.69, 9.17) is 10.00 Å². The molecular formula is C15H17N5O2S. The van der Waals surface area contributed by atoms with E-state index in [0.29, 0.717) is 21.5 Å². The SMILES string of the molecule is CC(C)(C)OC(=O)Nc1nc2ncc([C@H]3C[C@@H](C#N)C3)nc2s1. The lowest BCUT2D eigenvalue weighted by molar-refractivity contribution is 0.0636. The van der Waals surface area contributed by atoms with Crippen molar-refractivity contribution in [1.29, 1.82) is 5.26 Å². The van der Waals surface area contributed by atoms with Crippen LogP contribution in [-0.4, -0.2) is 26.6 Å². The molecule has 1 aliphatic rings. The van der Waals surface area contributed by atoms with E-state index in [1.807, 2.05) is 0 Å². The van der Waals surface area contributed by atoms with Gasteiger partial charge in [-0.3, -0.25) is 5.32 Å². The molecule has 0 radical (unpaired) electrons. The highest BCUT2D eigenvalue weighted by Gasteiger charge is 2.31. The van der Waals surface area contributed by atoms with Gasteiger partial charge in [-0.2, -0.15) is 10.2 Å². The Labute approximate surface area is 137 Å². The zero-order valence-corrected chi connectivity index (χ0v) is 14.0. The monoisotopic (exact) mass is 331 g/mol. The second kappa shape index (κ2) is 5.74. The second-order valence-electron chi connectivity index (χ2n) is 6.56. The Kier molecular flexibility index (Phi) is 3.90. The second-order valence-corrected chi connectivity index (χ2v) is 7.54. The van der Waals surface area contributed by atoms with Crippen molar-refractivity contribution in [3.05, 3.63) is 11.9 Å². The van der Waals surface area contributed by atoms with Crippen molar-refractivity contribution in [1.82, 2.24) is 15.0 Å². The Balaban J connectivity index is 1.72. The summed E-state index contributed by atoms with van der Waals surface area (Å²) in [7, 11) is 0.